The molecule has 18 heavy (non-hydrogen) atoms. The van der Waals surface area contributed by atoms with E-state index in [1.807, 2.05) is 12.1 Å². The van der Waals surface area contributed by atoms with Gasteiger partial charge in [-0.15, -0.1) is 0 Å². The Kier molecular flexibility index (Phi) is 4.12. The van der Waals surface area contributed by atoms with Gasteiger partial charge in [0.05, 0.1) is 0 Å². The minimum absolute atomic E-state index is 0.465. The molecule has 94 valence electrons. The van der Waals surface area contributed by atoms with Gasteiger partial charge < -0.3 is 11.1 Å². The third-order valence-corrected chi connectivity index (χ3v) is 2.71. The van der Waals surface area contributed by atoms with Crippen LogP contribution >= 0.6 is 0 Å². The number of rotatable bonds is 5. The smallest absolute Gasteiger partial charge is 0.229 e. The summed E-state index contributed by atoms with van der Waals surface area (Å²) in [6.07, 6.45) is 5.22. The third-order valence-electron chi connectivity index (χ3n) is 2.71. The lowest BCUT2D eigenvalue weighted by Gasteiger charge is -2.06. The number of hydrogen-bond donors (Lipinski definition) is 2. The van der Waals surface area contributed by atoms with Crippen molar-refractivity contribution in [3.05, 3.63) is 42.1 Å². The standard InChI is InChI=1S/C14H18N4/c1-2-3-4-11-5-7-12(8-6-11)17-14-16-10-9-13(15)18-14/h5-10H,2-4H2,1H3,(H3,15,16,17,18). The van der Waals surface area contributed by atoms with Crippen molar-refractivity contribution < 1.29 is 0 Å². The van der Waals surface area contributed by atoms with Crippen molar-refractivity contribution >= 4 is 17.5 Å². The molecule has 0 saturated heterocycles. The minimum Gasteiger partial charge on any atom is -0.384 e. The molecule has 0 unspecified atom stereocenters. The van der Waals surface area contributed by atoms with Gasteiger partial charge in [0.25, 0.3) is 0 Å². The van der Waals surface area contributed by atoms with E-state index in [9.17, 15) is 0 Å². The average Bonchev–Trinajstić information content (AvgIpc) is 2.38. The largest absolute Gasteiger partial charge is 0.384 e. The van der Waals surface area contributed by atoms with Crippen molar-refractivity contribution in [1.82, 2.24) is 9.97 Å². The van der Waals surface area contributed by atoms with Crippen LogP contribution in [-0.2, 0) is 6.42 Å². The van der Waals surface area contributed by atoms with Crippen LogP contribution in [0.4, 0.5) is 17.5 Å². The first kappa shape index (κ1) is 12.4. The number of nitrogens with one attached hydrogen (secondary N) is 1. The van der Waals surface area contributed by atoms with E-state index in [4.69, 9.17) is 5.73 Å². The van der Waals surface area contributed by atoms with Crippen LogP contribution in [0.2, 0.25) is 0 Å². The number of nitrogens with zero attached hydrogens (tertiary/aromatic N) is 2. The molecular formula is C14H18N4. The van der Waals surface area contributed by atoms with Gasteiger partial charge in [0.2, 0.25) is 5.95 Å². The maximum Gasteiger partial charge on any atom is 0.229 e. The zero-order valence-corrected chi connectivity index (χ0v) is 10.6. The summed E-state index contributed by atoms with van der Waals surface area (Å²) in [6.45, 7) is 2.20. The molecule has 0 spiro atoms. The van der Waals surface area contributed by atoms with E-state index in [0.717, 1.165) is 12.1 Å². The van der Waals surface area contributed by atoms with Crippen LogP contribution < -0.4 is 11.1 Å². The van der Waals surface area contributed by atoms with Gasteiger partial charge in [-0.25, -0.2) is 4.98 Å². The number of hydrogen-bond acceptors (Lipinski definition) is 4. The molecule has 2 rings (SSSR count). The van der Waals surface area contributed by atoms with Crippen LogP contribution in [0.5, 0.6) is 0 Å². The highest BCUT2D eigenvalue weighted by molar-refractivity contribution is 5.54. The Morgan fingerprint density at radius 1 is 1.17 bits per heavy atom. The molecule has 0 atom stereocenters. The number of aryl methyl sites for hydroxylation is 1. The molecule has 3 N–H and O–H groups in total. The Morgan fingerprint density at radius 2 is 1.94 bits per heavy atom. The second kappa shape index (κ2) is 6.00. The highest BCUT2D eigenvalue weighted by atomic mass is 15.1. The molecule has 4 nitrogen and oxygen atoms in total. The quantitative estimate of drug-likeness (QED) is 0.845. The Hall–Kier alpha value is -2.10. The molecule has 0 aliphatic heterocycles. The molecule has 0 bridgehead atoms. The predicted molar refractivity (Wildman–Crippen MR) is 74.8 cm³/mol. The van der Waals surface area contributed by atoms with Crippen LogP contribution in [0.25, 0.3) is 0 Å². The molecular weight excluding hydrogens is 224 g/mol. The fraction of sp³-hybridized carbons (Fsp3) is 0.286. The van der Waals surface area contributed by atoms with E-state index in [1.165, 1.54) is 18.4 Å². The van der Waals surface area contributed by atoms with E-state index < -0.39 is 0 Å². The van der Waals surface area contributed by atoms with Gasteiger partial charge in [0, 0.05) is 11.9 Å². The first-order valence-corrected chi connectivity index (χ1v) is 6.22. The van der Waals surface area contributed by atoms with Gasteiger partial charge in [-0.2, -0.15) is 4.98 Å². The summed E-state index contributed by atoms with van der Waals surface area (Å²) in [5, 5.41) is 3.13. The number of aromatic nitrogens is 2. The Labute approximate surface area is 107 Å². The third kappa shape index (κ3) is 3.45. The van der Waals surface area contributed by atoms with Crippen LogP contribution in [0, 0.1) is 0 Å². The number of unbranched alkanes of at least 4 members (excludes halogenated alkanes) is 1. The first-order chi connectivity index (χ1) is 8.78. The van der Waals surface area contributed by atoms with Crippen LogP contribution in [-0.4, -0.2) is 9.97 Å². The highest BCUT2D eigenvalue weighted by Gasteiger charge is 1.98. The lowest BCUT2D eigenvalue weighted by Crippen LogP contribution is -1.99. The van der Waals surface area contributed by atoms with Gasteiger partial charge in [-0.1, -0.05) is 25.5 Å². The zero-order valence-electron chi connectivity index (χ0n) is 10.6. The maximum atomic E-state index is 5.60. The molecule has 1 aromatic heterocycles. The van der Waals surface area contributed by atoms with E-state index in [2.05, 4.69) is 34.3 Å². The lowest BCUT2D eigenvalue weighted by molar-refractivity contribution is 0.795. The van der Waals surface area contributed by atoms with E-state index in [-0.39, 0.29) is 0 Å². The summed E-state index contributed by atoms with van der Waals surface area (Å²) in [5.74, 6) is 0.989. The van der Waals surface area contributed by atoms with Crippen LogP contribution in [0.1, 0.15) is 25.3 Å². The van der Waals surface area contributed by atoms with Gasteiger partial charge >= 0.3 is 0 Å². The monoisotopic (exact) mass is 242 g/mol. The maximum absolute atomic E-state index is 5.60. The van der Waals surface area contributed by atoms with Crippen molar-refractivity contribution in [3.8, 4) is 0 Å². The van der Waals surface area contributed by atoms with Crippen molar-refractivity contribution in [2.75, 3.05) is 11.1 Å². The van der Waals surface area contributed by atoms with Crippen LogP contribution in [0.15, 0.2) is 36.5 Å². The molecule has 1 heterocycles. The summed E-state index contributed by atoms with van der Waals surface area (Å²) >= 11 is 0. The number of anilines is 3. The molecule has 0 fully saturated rings. The topological polar surface area (TPSA) is 63.8 Å². The van der Waals surface area contributed by atoms with Crippen molar-refractivity contribution in [3.63, 3.8) is 0 Å². The van der Waals surface area contributed by atoms with Gasteiger partial charge in [-0.05, 0) is 36.6 Å². The van der Waals surface area contributed by atoms with E-state index >= 15 is 0 Å². The van der Waals surface area contributed by atoms with Crippen molar-refractivity contribution in [2.24, 2.45) is 0 Å². The number of benzene rings is 1. The molecule has 0 aliphatic carbocycles. The fourth-order valence-corrected chi connectivity index (χ4v) is 1.70. The number of nitrogen functional groups attached to an aromatic ring is 1. The van der Waals surface area contributed by atoms with Crippen molar-refractivity contribution in [1.29, 1.82) is 0 Å². The van der Waals surface area contributed by atoms with E-state index in [1.54, 1.807) is 12.3 Å². The fourth-order valence-electron chi connectivity index (χ4n) is 1.70. The van der Waals surface area contributed by atoms with Gasteiger partial charge in [0.15, 0.2) is 0 Å². The van der Waals surface area contributed by atoms with Gasteiger partial charge in [-0.3, -0.25) is 0 Å². The van der Waals surface area contributed by atoms with E-state index in [0.29, 0.717) is 11.8 Å². The molecule has 0 radical (unpaired) electrons. The summed E-state index contributed by atoms with van der Waals surface area (Å²) < 4.78 is 0. The number of nitrogens with two attached hydrogens (primary N) is 1. The second-order valence-corrected chi connectivity index (χ2v) is 4.23. The summed E-state index contributed by atoms with van der Waals surface area (Å²) in [4.78, 5) is 8.20. The first-order valence-electron chi connectivity index (χ1n) is 6.22. The molecule has 0 saturated carbocycles. The van der Waals surface area contributed by atoms with Gasteiger partial charge in [0.1, 0.15) is 5.82 Å². The molecule has 1 aromatic carbocycles. The molecule has 0 amide bonds. The summed E-state index contributed by atoms with van der Waals surface area (Å²) in [7, 11) is 0. The lowest BCUT2D eigenvalue weighted by atomic mass is 10.1. The predicted octanol–water partition coefficient (Wildman–Crippen LogP) is 3.15. The normalized spacial score (nSPS) is 10.3. The Balaban J connectivity index is 2.02. The Bertz CT molecular complexity index is 493. The zero-order chi connectivity index (χ0) is 12.8. The van der Waals surface area contributed by atoms with Crippen LogP contribution in [0.3, 0.4) is 0 Å². The molecule has 0 aliphatic rings. The molecule has 4 heteroatoms. The minimum atomic E-state index is 0.465. The van der Waals surface area contributed by atoms with Crippen molar-refractivity contribution in [2.45, 2.75) is 26.2 Å². The summed E-state index contributed by atoms with van der Waals surface area (Å²) in [6, 6.07) is 10.0. The summed E-state index contributed by atoms with van der Waals surface area (Å²) in [5.41, 5.74) is 7.93. The Morgan fingerprint density at radius 3 is 2.61 bits per heavy atom. The second-order valence-electron chi connectivity index (χ2n) is 4.23. The SMILES string of the molecule is CCCCc1ccc(Nc2nccc(N)n2)cc1. The molecule has 2 aromatic rings. The highest BCUT2D eigenvalue weighted by Crippen LogP contribution is 2.15. The average molecular weight is 242 g/mol.